The molecule has 1 atom stereocenters. The van der Waals surface area contributed by atoms with Gasteiger partial charge in [0.1, 0.15) is 6.04 Å². The van der Waals surface area contributed by atoms with Crippen molar-refractivity contribution in [2.45, 2.75) is 17.9 Å². The summed E-state index contributed by atoms with van der Waals surface area (Å²) in [7, 11) is -3.83. The number of nitrogens with one attached hydrogen (secondary N) is 2. The van der Waals surface area contributed by atoms with Gasteiger partial charge < -0.3 is 10.4 Å². The van der Waals surface area contributed by atoms with E-state index in [2.05, 4.69) is 32.6 Å². The Labute approximate surface area is 125 Å². The normalized spacial score (nSPS) is 13.2. The molecule has 3 N–H and O–H groups in total. The standard InChI is InChI=1S/C11H15IN2O4S/c1-2-13-7-10(11(15)16)14-19(17,18)9-5-3-8(12)4-6-9/h3-6,10,13-14H,2,7H2,1H3,(H,15,16)/t10-/m0/s1. The van der Waals surface area contributed by atoms with Crippen LogP contribution in [0.1, 0.15) is 6.92 Å². The molecule has 0 amide bonds. The average molecular weight is 398 g/mol. The van der Waals surface area contributed by atoms with Gasteiger partial charge in [0.15, 0.2) is 0 Å². The van der Waals surface area contributed by atoms with E-state index in [1.54, 1.807) is 12.1 Å². The zero-order valence-electron chi connectivity index (χ0n) is 10.3. The molecule has 1 aromatic carbocycles. The van der Waals surface area contributed by atoms with E-state index in [0.29, 0.717) is 6.54 Å². The Balaban J connectivity index is 2.87. The number of aliphatic carboxylic acids is 1. The van der Waals surface area contributed by atoms with E-state index in [1.807, 2.05) is 6.92 Å². The van der Waals surface area contributed by atoms with Gasteiger partial charge in [-0.3, -0.25) is 4.79 Å². The lowest BCUT2D eigenvalue weighted by atomic mass is 10.3. The summed E-state index contributed by atoms with van der Waals surface area (Å²) in [6.45, 7) is 2.41. The number of carboxylic acids is 1. The van der Waals surface area contributed by atoms with E-state index in [4.69, 9.17) is 5.11 Å². The molecular formula is C11H15IN2O4S. The second-order valence-corrected chi connectivity index (χ2v) is 6.73. The molecule has 0 saturated heterocycles. The summed E-state index contributed by atoms with van der Waals surface area (Å²) in [5.41, 5.74) is 0. The summed E-state index contributed by atoms with van der Waals surface area (Å²) in [5.74, 6) is -1.21. The van der Waals surface area contributed by atoms with E-state index in [9.17, 15) is 13.2 Å². The monoisotopic (exact) mass is 398 g/mol. The molecule has 6 nitrogen and oxygen atoms in total. The van der Waals surface area contributed by atoms with E-state index in [1.165, 1.54) is 12.1 Å². The fourth-order valence-corrected chi connectivity index (χ4v) is 2.89. The highest BCUT2D eigenvalue weighted by atomic mass is 127. The highest BCUT2D eigenvalue weighted by molar-refractivity contribution is 14.1. The van der Waals surface area contributed by atoms with Crippen LogP contribution in [0, 0.1) is 3.57 Å². The number of rotatable bonds is 7. The third-order valence-electron chi connectivity index (χ3n) is 2.32. The molecule has 0 aliphatic carbocycles. The molecule has 0 aromatic heterocycles. The lowest BCUT2D eigenvalue weighted by molar-refractivity contribution is -0.138. The fraction of sp³-hybridized carbons (Fsp3) is 0.364. The smallest absolute Gasteiger partial charge is 0.323 e. The second-order valence-electron chi connectivity index (χ2n) is 3.77. The van der Waals surface area contributed by atoms with Gasteiger partial charge >= 0.3 is 5.97 Å². The van der Waals surface area contributed by atoms with Gasteiger partial charge in [-0.1, -0.05) is 6.92 Å². The van der Waals surface area contributed by atoms with Gasteiger partial charge in [0.2, 0.25) is 10.0 Å². The van der Waals surface area contributed by atoms with Crippen LogP contribution >= 0.6 is 22.6 Å². The molecule has 0 radical (unpaired) electrons. The Bertz CT molecular complexity index is 530. The Morgan fingerprint density at radius 2 is 1.95 bits per heavy atom. The molecule has 8 heteroatoms. The van der Waals surface area contributed by atoms with Crippen molar-refractivity contribution in [3.63, 3.8) is 0 Å². The van der Waals surface area contributed by atoms with Crippen molar-refractivity contribution < 1.29 is 18.3 Å². The van der Waals surface area contributed by atoms with Crippen LogP contribution in [-0.2, 0) is 14.8 Å². The predicted octanol–water partition coefficient (Wildman–Crippen LogP) is 0.632. The number of benzene rings is 1. The molecule has 0 aliphatic heterocycles. The lowest BCUT2D eigenvalue weighted by Gasteiger charge is -2.15. The number of carbonyl (C=O) groups is 1. The van der Waals surface area contributed by atoms with Crippen molar-refractivity contribution in [3.05, 3.63) is 27.8 Å². The maximum absolute atomic E-state index is 12.0. The number of hydrogen-bond acceptors (Lipinski definition) is 4. The van der Waals surface area contributed by atoms with Crippen molar-refractivity contribution >= 4 is 38.6 Å². The SMILES string of the molecule is CCNC[C@H](NS(=O)(=O)c1ccc(I)cc1)C(=O)O. The van der Waals surface area contributed by atoms with E-state index < -0.39 is 22.0 Å². The minimum Gasteiger partial charge on any atom is -0.480 e. The van der Waals surface area contributed by atoms with E-state index in [-0.39, 0.29) is 11.4 Å². The van der Waals surface area contributed by atoms with E-state index in [0.717, 1.165) is 3.57 Å². The fourth-order valence-electron chi connectivity index (χ4n) is 1.34. The highest BCUT2D eigenvalue weighted by Crippen LogP contribution is 2.12. The first-order valence-corrected chi connectivity index (χ1v) is 8.14. The number of halogens is 1. The zero-order chi connectivity index (χ0) is 14.5. The van der Waals surface area contributed by atoms with Crippen LogP contribution in [0.5, 0.6) is 0 Å². The summed E-state index contributed by atoms with van der Waals surface area (Å²) in [6.07, 6.45) is 0. The summed E-state index contributed by atoms with van der Waals surface area (Å²) < 4.78 is 27.1. The van der Waals surface area contributed by atoms with Crippen LogP contribution in [0.25, 0.3) is 0 Å². The van der Waals surface area contributed by atoms with E-state index >= 15 is 0 Å². The molecule has 106 valence electrons. The minimum atomic E-state index is -3.83. The van der Waals surface area contributed by atoms with Crippen LogP contribution in [0.4, 0.5) is 0 Å². The lowest BCUT2D eigenvalue weighted by Crippen LogP contribution is -2.47. The van der Waals surface area contributed by atoms with Gasteiger partial charge in [-0.25, -0.2) is 8.42 Å². The first kappa shape index (κ1) is 16.3. The predicted molar refractivity (Wildman–Crippen MR) is 79.4 cm³/mol. The van der Waals surface area contributed by atoms with Gasteiger partial charge in [0.05, 0.1) is 4.90 Å². The third-order valence-corrected chi connectivity index (χ3v) is 4.52. The molecule has 0 unspecified atom stereocenters. The molecule has 0 saturated carbocycles. The first-order valence-electron chi connectivity index (χ1n) is 5.58. The Morgan fingerprint density at radius 3 is 2.42 bits per heavy atom. The number of sulfonamides is 1. The minimum absolute atomic E-state index is 0.0371. The average Bonchev–Trinajstić information content (AvgIpc) is 2.34. The van der Waals surface area contributed by atoms with Crippen molar-refractivity contribution in [1.29, 1.82) is 0 Å². The van der Waals surface area contributed by atoms with Crippen molar-refractivity contribution in [2.75, 3.05) is 13.1 Å². The highest BCUT2D eigenvalue weighted by Gasteiger charge is 2.24. The molecule has 1 aromatic rings. The molecule has 19 heavy (non-hydrogen) atoms. The van der Waals surface area contributed by atoms with Crippen LogP contribution in [0.15, 0.2) is 29.2 Å². The van der Waals surface area contributed by atoms with Crippen molar-refractivity contribution in [1.82, 2.24) is 10.0 Å². The van der Waals surface area contributed by atoms with Crippen LogP contribution in [-0.4, -0.2) is 38.6 Å². The van der Waals surface area contributed by atoms with Gasteiger partial charge in [-0.2, -0.15) is 4.72 Å². The first-order chi connectivity index (χ1) is 8.86. The Morgan fingerprint density at radius 1 is 1.37 bits per heavy atom. The van der Waals surface area contributed by atoms with Crippen LogP contribution < -0.4 is 10.0 Å². The molecule has 0 spiro atoms. The van der Waals surface area contributed by atoms with Gasteiger partial charge in [0.25, 0.3) is 0 Å². The summed E-state index contributed by atoms with van der Waals surface area (Å²) >= 11 is 2.06. The maximum Gasteiger partial charge on any atom is 0.323 e. The number of hydrogen-bond donors (Lipinski definition) is 3. The Hall–Kier alpha value is -0.710. The van der Waals surface area contributed by atoms with Crippen LogP contribution in [0.3, 0.4) is 0 Å². The largest absolute Gasteiger partial charge is 0.480 e. The number of likely N-dealkylation sites (N-methyl/N-ethyl adjacent to an activating group) is 1. The molecule has 1 rings (SSSR count). The Kier molecular flexibility index (Phi) is 6.17. The van der Waals surface area contributed by atoms with Crippen molar-refractivity contribution in [2.24, 2.45) is 0 Å². The zero-order valence-corrected chi connectivity index (χ0v) is 13.2. The quantitative estimate of drug-likeness (QED) is 0.586. The third kappa shape index (κ3) is 5.05. The number of carboxylic acid groups (broad SMARTS) is 1. The van der Waals surface area contributed by atoms with Crippen LogP contribution in [0.2, 0.25) is 0 Å². The molecule has 0 aliphatic rings. The summed E-state index contributed by atoms with van der Waals surface area (Å²) in [6, 6.07) is 4.99. The maximum atomic E-state index is 12.0. The van der Waals surface area contributed by atoms with Gasteiger partial charge in [-0.05, 0) is 53.4 Å². The molecular weight excluding hydrogens is 383 g/mol. The molecule has 0 heterocycles. The molecule has 0 bridgehead atoms. The van der Waals surface area contributed by atoms with Crippen molar-refractivity contribution in [3.8, 4) is 0 Å². The van der Waals surface area contributed by atoms with Gasteiger partial charge in [-0.15, -0.1) is 0 Å². The second kappa shape index (κ2) is 7.17. The molecule has 0 fully saturated rings. The topological polar surface area (TPSA) is 95.5 Å². The van der Waals surface area contributed by atoms with Gasteiger partial charge in [0, 0.05) is 10.1 Å². The summed E-state index contributed by atoms with van der Waals surface area (Å²) in [5, 5.41) is 11.8. The summed E-state index contributed by atoms with van der Waals surface area (Å²) in [4.78, 5) is 11.1.